The molecule has 8 heteroatoms. The van der Waals surface area contributed by atoms with Crippen molar-refractivity contribution in [3.63, 3.8) is 0 Å². The van der Waals surface area contributed by atoms with Crippen LogP contribution in [0.2, 0.25) is 0 Å². The lowest BCUT2D eigenvalue weighted by molar-refractivity contribution is -0.385. The number of ether oxygens (including phenoxy) is 1. The van der Waals surface area contributed by atoms with Gasteiger partial charge in [0.15, 0.2) is 0 Å². The number of rotatable bonds is 6. The van der Waals surface area contributed by atoms with Gasteiger partial charge in [0.25, 0.3) is 5.69 Å². The molecule has 1 unspecified atom stereocenters. The van der Waals surface area contributed by atoms with Crippen molar-refractivity contribution in [3.05, 3.63) is 33.9 Å². The van der Waals surface area contributed by atoms with Crippen LogP contribution in [-0.2, 0) is 10.0 Å². The second-order valence-corrected chi connectivity index (χ2v) is 6.11. The quantitative estimate of drug-likeness (QED) is 0.624. The van der Waals surface area contributed by atoms with Gasteiger partial charge in [-0.1, -0.05) is 6.92 Å². The Morgan fingerprint density at radius 3 is 2.63 bits per heavy atom. The van der Waals surface area contributed by atoms with Gasteiger partial charge in [-0.3, -0.25) is 10.1 Å². The maximum absolute atomic E-state index is 10.9. The molecule has 0 aliphatic carbocycles. The van der Waals surface area contributed by atoms with E-state index in [0.717, 1.165) is 5.56 Å². The SMILES string of the molecule is Cc1ccc([N+](=O)[O-])cc1OCC(C)CS(N)(=O)=O. The second kappa shape index (κ2) is 5.98. The monoisotopic (exact) mass is 288 g/mol. The zero-order valence-electron chi connectivity index (χ0n) is 10.7. The number of benzene rings is 1. The average molecular weight is 288 g/mol. The number of hydrogen-bond donors (Lipinski definition) is 1. The first-order chi connectivity index (χ1) is 8.69. The van der Waals surface area contributed by atoms with Gasteiger partial charge in [0.05, 0.1) is 23.3 Å². The van der Waals surface area contributed by atoms with E-state index in [1.165, 1.54) is 12.1 Å². The summed E-state index contributed by atoms with van der Waals surface area (Å²) in [6.45, 7) is 3.55. The molecule has 0 saturated heterocycles. The van der Waals surface area contributed by atoms with E-state index in [9.17, 15) is 18.5 Å². The number of non-ortho nitro benzene ring substituents is 1. The van der Waals surface area contributed by atoms with Gasteiger partial charge in [-0.15, -0.1) is 0 Å². The molecule has 0 amide bonds. The predicted octanol–water partition coefficient (Wildman–Crippen LogP) is 1.21. The highest BCUT2D eigenvalue weighted by Gasteiger charge is 2.14. The van der Waals surface area contributed by atoms with Crippen LogP contribution in [0.3, 0.4) is 0 Å². The molecule has 0 aliphatic rings. The zero-order valence-corrected chi connectivity index (χ0v) is 11.5. The molecule has 0 aromatic heterocycles. The molecule has 0 spiro atoms. The van der Waals surface area contributed by atoms with E-state index in [4.69, 9.17) is 9.88 Å². The summed E-state index contributed by atoms with van der Waals surface area (Å²) in [6, 6.07) is 4.28. The van der Waals surface area contributed by atoms with Crippen LogP contribution < -0.4 is 9.88 Å². The Balaban J connectivity index is 2.72. The third-order valence-electron chi connectivity index (χ3n) is 2.42. The number of aryl methyl sites for hydroxylation is 1. The summed E-state index contributed by atoms with van der Waals surface area (Å²) in [7, 11) is -3.55. The van der Waals surface area contributed by atoms with Crippen molar-refractivity contribution in [1.29, 1.82) is 0 Å². The van der Waals surface area contributed by atoms with E-state index in [1.807, 2.05) is 0 Å². The summed E-state index contributed by atoms with van der Waals surface area (Å²) in [6.07, 6.45) is 0. The second-order valence-electron chi connectivity index (χ2n) is 4.45. The molecule has 7 nitrogen and oxygen atoms in total. The molecule has 1 rings (SSSR count). The van der Waals surface area contributed by atoms with Crippen LogP contribution in [0.4, 0.5) is 5.69 Å². The summed E-state index contributed by atoms with van der Waals surface area (Å²) < 4.78 is 27.2. The Bertz CT molecular complexity index is 570. The molecular formula is C11H16N2O5S. The van der Waals surface area contributed by atoms with Gasteiger partial charge in [-0.2, -0.15) is 0 Å². The topological polar surface area (TPSA) is 113 Å². The van der Waals surface area contributed by atoms with Gasteiger partial charge in [-0.05, 0) is 18.6 Å². The first-order valence-corrected chi connectivity index (χ1v) is 7.29. The van der Waals surface area contributed by atoms with Crippen LogP contribution >= 0.6 is 0 Å². The van der Waals surface area contributed by atoms with Crippen LogP contribution in [0.5, 0.6) is 5.75 Å². The van der Waals surface area contributed by atoms with Crippen LogP contribution in [0.25, 0.3) is 0 Å². The predicted molar refractivity (Wildman–Crippen MR) is 70.5 cm³/mol. The van der Waals surface area contributed by atoms with E-state index in [1.54, 1.807) is 19.9 Å². The fraction of sp³-hybridized carbons (Fsp3) is 0.455. The molecular weight excluding hydrogens is 272 g/mol. The third kappa shape index (κ3) is 5.23. The molecule has 2 N–H and O–H groups in total. The zero-order chi connectivity index (χ0) is 14.6. The summed E-state index contributed by atoms with van der Waals surface area (Å²) >= 11 is 0. The number of sulfonamides is 1. The van der Waals surface area contributed by atoms with Crippen molar-refractivity contribution >= 4 is 15.7 Å². The third-order valence-corrected chi connectivity index (χ3v) is 3.46. The van der Waals surface area contributed by atoms with E-state index in [0.29, 0.717) is 5.75 Å². The lowest BCUT2D eigenvalue weighted by Crippen LogP contribution is -2.25. The van der Waals surface area contributed by atoms with E-state index < -0.39 is 14.9 Å². The fourth-order valence-corrected chi connectivity index (χ4v) is 2.42. The minimum absolute atomic E-state index is 0.0697. The molecule has 0 bridgehead atoms. The van der Waals surface area contributed by atoms with E-state index in [-0.39, 0.29) is 24.0 Å². The highest BCUT2D eigenvalue weighted by Crippen LogP contribution is 2.24. The lowest BCUT2D eigenvalue weighted by Gasteiger charge is -2.13. The van der Waals surface area contributed by atoms with Crippen molar-refractivity contribution in [2.75, 3.05) is 12.4 Å². The normalized spacial score (nSPS) is 13.0. The highest BCUT2D eigenvalue weighted by atomic mass is 32.2. The number of nitrogens with two attached hydrogens (primary N) is 1. The molecule has 1 aromatic carbocycles. The van der Waals surface area contributed by atoms with Crippen molar-refractivity contribution in [2.24, 2.45) is 11.1 Å². The average Bonchev–Trinajstić information content (AvgIpc) is 2.25. The molecule has 0 heterocycles. The van der Waals surface area contributed by atoms with Crippen molar-refractivity contribution < 1.29 is 18.1 Å². The van der Waals surface area contributed by atoms with Gasteiger partial charge in [0.2, 0.25) is 10.0 Å². The number of nitrogens with zero attached hydrogens (tertiary/aromatic N) is 1. The smallest absolute Gasteiger partial charge is 0.273 e. The van der Waals surface area contributed by atoms with Gasteiger partial charge in [-0.25, -0.2) is 13.6 Å². The van der Waals surface area contributed by atoms with Crippen LogP contribution in [-0.4, -0.2) is 25.7 Å². The highest BCUT2D eigenvalue weighted by molar-refractivity contribution is 7.89. The number of nitro benzene ring substituents is 1. The largest absolute Gasteiger partial charge is 0.493 e. The Morgan fingerprint density at radius 1 is 1.47 bits per heavy atom. The lowest BCUT2D eigenvalue weighted by atomic mass is 10.2. The van der Waals surface area contributed by atoms with Crippen LogP contribution in [0.15, 0.2) is 18.2 Å². The molecule has 0 aliphatic heterocycles. The Hall–Kier alpha value is -1.67. The molecule has 1 atom stereocenters. The van der Waals surface area contributed by atoms with Gasteiger partial charge >= 0.3 is 0 Å². The number of primary sulfonamides is 1. The number of nitro groups is 1. The molecule has 0 radical (unpaired) electrons. The van der Waals surface area contributed by atoms with Crippen LogP contribution in [0.1, 0.15) is 12.5 Å². The summed E-state index contributed by atoms with van der Waals surface area (Å²) in [5.74, 6) is -0.120. The minimum Gasteiger partial charge on any atom is -0.493 e. The van der Waals surface area contributed by atoms with Crippen molar-refractivity contribution in [1.82, 2.24) is 0 Å². The molecule has 19 heavy (non-hydrogen) atoms. The van der Waals surface area contributed by atoms with Gasteiger partial charge in [0, 0.05) is 12.0 Å². The molecule has 0 fully saturated rings. The summed E-state index contributed by atoms with van der Waals surface area (Å²) in [4.78, 5) is 10.1. The standard InChI is InChI=1S/C11H16N2O5S/c1-8(7-19(12,16)17)6-18-11-5-10(13(14)15)4-3-9(11)2/h3-5,8H,6-7H2,1-2H3,(H2,12,16,17). The van der Waals surface area contributed by atoms with Gasteiger partial charge in [0.1, 0.15) is 5.75 Å². The molecule has 1 aromatic rings. The Labute approximate surface area is 111 Å². The van der Waals surface area contributed by atoms with Crippen molar-refractivity contribution in [2.45, 2.75) is 13.8 Å². The minimum atomic E-state index is -3.55. The van der Waals surface area contributed by atoms with Crippen molar-refractivity contribution in [3.8, 4) is 5.75 Å². The maximum atomic E-state index is 10.9. The van der Waals surface area contributed by atoms with Crippen LogP contribution in [0, 0.1) is 23.0 Å². The maximum Gasteiger partial charge on any atom is 0.273 e. The Kier molecular flexibility index (Phi) is 4.84. The number of hydrogen-bond acceptors (Lipinski definition) is 5. The summed E-state index contributed by atoms with van der Waals surface area (Å²) in [5.41, 5.74) is 0.674. The summed E-state index contributed by atoms with van der Waals surface area (Å²) in [5, 5.41) is 15.6. The van der Waals surface area contributed by atoms with E-state index >= 15 is 0 Å². The molecule has 106 valence electrons. The molecule has 0 saturated carbocycles. The Morgan fingerprint density at radius 2 is 2.11 bits per heavy atom. The van der Waals surface area contributed by atoms with E-state index in [2.05, 4.69) is 0 Å². The van der Waals surface area contributed by atoms with Gasteiger partial charge < -0.3 is 4.74 Å². The first-order valence-electron chi connectivity index (χ1n) is 5.57. The first kappa shape index (κ1) is 15.4. The fourth-order valence-electron chi connectivity index (χ4n) is 1.53.